The molecule has 0 saturated carbocycles. The van der Waals surface area contributed by atoms with Crippen molar-refractivity contribution in [3.8, 4) is 17.2 Å². The number of carbonyl (C=O) groups is 1. The fourth-order valence-corrected chi connectivity index (χ4v) is 4.92. The van der Waals surface area contributed by atoms with Crippen LogP contribution in [0.15, 0.2) is 53.7 Å². The molecule has 8 nitrogen and oxygen atoms in total. The predicted octanol–water partition coefficient (Wildman–Crippen LogP) is 3.61. The van der Waals surface area contributed by atoms with Gasteiger partial charge in [-0.25, -0.2) is 0 Å². The standard InChI is InChI=1S/C25H29N5O3S/c1-18-9-11-19(12-10-18)30-24(29-13-5-2-6-14-29)27-28-25(30)34-17-23(31)26-15-20-16-32-21-7-3-4-8-22(21)33-20/h3-4,7-12,20H,2,5-6,13-17H2,1H3,(H,26,31)/t20-/m0/s1. The molecule has 1 amide bonds. The number of para-hydroxylation sites is 2. The zero-order valence-corrected chi connectivity index (χ0v) is 20.1. The lowest BCUT2D eigenvalue weighted by molar-refractivity contribution is -0.119. The van der Waals surface area contributed by atoms with Gasteiger partial charge in [0, 0.05) is 13.1 Å². The number of hydrogen-bond donors (Lipinski definition) is 1. The maximum atomic E-state index is 12.6. The van der Waals surface area contributed by atoms with Gasteiger partial charge in [0.05, 0.1) is 18.0 Å². The first-order chi connectivity index (χ1) is 16.7. The van der Waals surface area contributed by atoms with Gasteiger partial charge in [-0.05, 0) is 50.5 Å². The van der Waals surface area contributed by atoms with E-state index in [1.807, 2.05) is 24.3 Å². The number of hydrogen-bond acceptors (Lipinski definition) is 7. The maximum absolute atomic E-state index is 12.6. The molecule has 2 aliphatic rings. The van der Waals surface area contributed by atoms with Crippen molar-refractivity contribution in [2.45, 2.75) is 37.4 Å². The second-order valence-electron chi connectivity index (χ2n) is 8.59. The number of benzene rings is 2. The number of rotatable bonds is 7. The normalized spacial score (nSPS) is 17.4. The number of thioether (sulfide) groups is 1. The summed E-state index contributed by atoms with van der Waals surface area (Å²) >= 11 is 1.39. The molecule has 0 radical (unpaired) electrons. The first-order valence-electron chi connectivity index (χ1n) is 11.7. The lowest BCUT2D eigenvalue weighted by atomic mass is 10.1. The average molecular weight is 480 g/mol. The van der Waals surface area contributed by atoms with E-state index in [1.54, 1.807) is 0 Å². The fraction of sp³-hybridized carbons (Fsp3) is 0.400. The highest BCUT2D eigenvalue weighted by molar-refractivity contribution is 7.99. The Bertz CT molecular complexity index is 1130. The van der Waals surface area contributed by atoms with Crippen LogP contribution < -0.4 is 19.7 Å². The number of nitrogens with zero attached hydrogens (tertiary/aromatic N) is 4. The molecule has 5 rings (SSSR count). The molecule has 1 N–H and O–H groups in total. The summed E-state index contributed by atoms with van der Waals surface area (Å²) in [5, 5.41) is 12.6. The van der Waals surface area contributed by atoms with Gasteiger partial charge in [0.15, 0.2) is 16.7 Å². The van der Waals surface area contributed by atoms with E-state index in [2.05, 4.69) is 56.2 Å². The van der Waals surface area contributed by atoms with Crippen molar-refractivity contribution in [3.63, 3.8) is 0 Å². The number of ether oxygens (including phenoxy) is 2. The summed E-state index contributed by atoms with van der Waals surface area (Å²) in [4.78, 5) is 14.9. The van der Waals surface area contributed by atoms with Crippen molar-refractivity contribution < 1.29 is 14.3 Å². The summed E-state index contributed by atoms with van der Waals surface area (Å²) in [6, 6.07) is 15.9. The van der Waals surface area contributed by atoms with E-state index < -0.39 is 0 Å². The molecule has 0 bridgehead atoms. The molecule has 0 spiro atoms. The van der Waals surface area contributed by atoms with Crippen molar-refractivity contribution in [1.29, 1.82) is 0 Å². The number of carbonyl (C=O) groups excluding carboxylic acids is 1. The summed E-state index contributed by atoms with van der Waals surface area (Å²) in [6.45, 7) is 4.81. The van der Waals surface area contributed by atoms with Gasteiger partial charge in [-0.2, -0.15) is 0 Å². The third kappa shape index (κ3) is 5.14. The first kappa shape index (κ1) is 22.6. The minimum atomic E-state index is -0.217. The van der Waals surface area contributed by atoms with Crippen LogP contribution >= 0.6 is 11.8 Å². The van der Waals surface area contributed by atoms with Crippen LogP contribution in [0.5, 0.6) is 11.5 Å². The highest BCUT2D eigenvalue weighted by Crippen LogP contribution is 2.31. The Labute approximate surface area is 203 Å². The second-order valence-corrected chi connectivity index (χ2v) is 9.53. The molecule has 0 aliphatic carbocycles. The summed E-state index contributed by atoms with van der Waals surface area (Å²) < 4.78 is 13.7. The molecule has 2 aliphatic heterocycles. The van der Waals surface area contributed by atoms with Crippen LogP contribution in [-0.4, -0.2) is 58.8 Å². The highest BCUT2D eigenvalue weighted by Gasteiger charge is 2.23. The number of aryl methyl sites for hydroxylation is 1. The Morgan fingerprint density at radius 1 is 1.06 bits per heavy atom. The van der Waals surface area contributed by atoms with Crippen LogP contribution in [0.3, 0.4) is 0 Å². The quantitative estimate of drug-likeness (QED) is 0.519. The predicted molar refractivity (Wildman–Crippen MR) is 132 cm³/mol. The molecule has 2 aromatic carbocycles. The molecule has 1 fully saturated rings. The topological polar surface area (TPSA) is 81.5 Å². The summed E-state index contributed by atoms with van der Waals surface area (Å²) in [7, 11) is 0. The van der Waals surface area contributed by atoms with Crippen molar-refractivity contribution >= 4 is 23.6 Å². The smallest absolute Gasteiger partial charge is 0.232 e. The molecule has 3 aromatic rings. The van der Waals surface area contributed by atoms with Crippen molar-refractivity contribution in [3.05, 3.63) is 54.1 Å². The van der Waals surface area contributed by atoms with Gasteiger partial charge in [-0.3, -0.25) is 9.36 Å². The largest absolute Gasteiger partial charge is 0.486 e. The lowest BCUT2D eigenvalue weighted by Crippen LogP contribution is -2.41. The Kier molecular flexibility index (Phi) is 6.89. The van der Waals surface area contributed by atoms with Crippen LogP contribution in [0.4, 0.5) is 5.95 Å². The number of fused-ring (bicyclic) bond motifs is 1. The van der Waals surface area contributed by atoms with Gasteiger partial charge in [-0.15, -0.1) is 10.2 Å². The molecule has 1 atom stereocenters. The Morgan fingerprint density at radius 3 is 2.62 bits per heavy atom. The van der Waals surface area contributed by atoms with Crippen LogP contribution in [0.2, 0.25) is 0 Å². The molecular weight excluding hydrogens is 450 g/mol. The molecule has 9 heteroatoms. The number of anilines is 1. The van der Waals surface area contributed by atoms with E-state index in [1.165, 1.54) is 23.7 Å². The van der Waals surface area contributed by atoms with Gasteiger partial charge in [0.25, 0.3) is 0 Å². The minimum absolute atomic E-state index is 0.0783. The van der Waals surface area contributed by atoms with E-state index in [4.69, 9.17) is 9.47 Å². The van der Waals surface area contributed by atoms with Gasteiger partial charge in [0.2, 0.25) is 11.9 Å². The first-order valence-corrected chi connectivity index (χ1v) is 12.7. The molecule has 178 valence electrons. The molecular formula is C25H29N5O3S. The Hall–Kier alpha value is -3.20. The zero-order valence-electron chi connectivity index (χ0n) is 19.3. The SMILES string of the molecule is Cc1ccc(-n2c(SCC(=O)NC[C@H]3COc4ccccc4O3)nnc2N2CCCCC2)cc1. The number of nitrogens with one attached hydrogen (secondary N) is 1. The van der Waals surface area contributed by atoms with Crippen LogP contribution in [0, 0.1) is 6.92 Å². The minimum Gasteiger partial charge on any atom is -0.486 e. The van der Waals surface area contributed by atoms with E-state index in [0.717, 1.165) is 43.3 Å². The summed E-state index contributed by atoms with van der Waals surface area (Å²) in [6.07, 6.45) is 3.34. The van der Waals surface area contributed by atoms with Crippen LogP contribution in [0.25, 0.3) is 5.69 Å². The van der Waals surface area contributed by atoms with Gasteiger partial charge in [-0.1, -0.05) is 41.6 Å². The van der Waals surface area contributed by atoms with Gasteiger partial charge >= 0.3 is 0 Å². The van der Waals surface area contributed by atoms with Crippen LogP contribution in [-0.2, 0) is 4.79 Å². The lowest BCUT2D eigenvalue weighted by Gasteiger charge is -2.27. The van der Waals surface area contributed by atoms with Gasteiger partial charge in [0.1, 0.15) is 12.7 Å². The molecule has 1 aromatic heterocycles. The monoisotopic (exact) mass is 479 g/mol. The molecule has 0 unspecified atom stereocenters. The average Bonchev–Trinajstić information content (AvgIpc) is 3.31. The van der Waals surface area contributed by atoms with Crippen molar-refractivity contribution in [1.82, 2.24) is 20.1 Å². The number of amides is 1. The summed E-state index contributed by atoms with van der Waals surface area (Å²) in [5.41, 5.74) is 2.20. The number of aromatic nitrogens is 3. The Balaban J connectivity index is 1.23. The summed E-state index contributed by atoms with van der Waals surface area (Å²) in [5.74, 6) is 2.46. The van der Waals surface area contributed by atoms with E-state index in [0.29, 0.717) is 24.1 Å². The highest BCUT2D eigenvalue weighted by atomic mass is 32.2. The molecule has 34 heavy (non-hydrogen) atoms. The fourth-order valence-electron chi connectivity index (χ4n) is 4.15. The van der Waals surface area contributed by atoms with E-state index in [-0.39, 0.29) is 17.8 Å². The van der Waals surface area contributed by atoms with Gasteiger partial charge < -0.3 is 19.7 Å². The third-order valence-corrected chi connectivity index (χ3v) is 6.90. The van der Waals surface area contributed by atoms with E-state index >= 15 is 0 Å². The second kappa shape index (κ2) is 10.4. The maximum Gasteiger partial charge on any atom is 0.232 e. The van der Waals surface area contributed by atoms with Crippen molar-refractivity contribution in [2.24, 2.45) is 0 Å². The van der Waals surface area contributed by atoms with Crippen LogP contribution in [0.1, 0.15) is 24.8 Å². The molecule has 1 saturated heterocycles. The Morgan fingerprint density at radius 2 is 1.82 bits per heavy atom. The number of piperidine rings is 1. The molecule has 3 heterocycles. The van der Waals surface area contributed by atoms with E-state index in [9.17, 15) is 4.79 Å². The zero-order chi connectivity index (χ0) is 23.3. The van der Waals surface area contributed by atoms with Crippen molar-refractivity contribution in [2.75, 3.05) is 36.9 Å². The third-order valence-electron chi connectivity index (χ3n) is 5.97.